The van der Waals surface area contributed by atoms with Gasteiger partial charge in [0.25, 0.3) is 22.5 Å². The van der Waals surface area contributed by atoms with Gasteiger partial charge in [-0.2, -0.15) is 13.1 Å². The number of fused-ring (bicyclic) bond motifs is 2. The molecule has 0 fully saturated rings. The number of hydrogen-bond acceptors (Lipinski definition) is 9. The Kier molecular flexibility index (Phi) is 12.1. The summed E-state index contributed by atoms with van der Waals surface area (Å²) in [6.07, 6.45) is 0. The summed E-state index contributed by atoms with van der Waals surface area (Å²) in [6, 6.07) is 14.3. The molecule has 0 radical (unpaired) electrons. The smallest absolute Gasteiger partial charge is 0.335 e. The summed E-state index contributed by atoms with van der Waals surface area (Å²) >= 11 is -3.52. The van der Waals surface area contributed by atoms with Crippen molar-refractivity contribution in [1.29, 1.82) is 0 Å². The van der Waals surface area contributed by atoms with Crippen LogP contribution in [0.15, 0.2) is 48.5 Å². The molecule has 54 heavy (non-hydrogen) atoms. The molecule has 6 aromatic rings. The van der Waals surface area contributed by atoms with Gasteiger partial charge in [0.1, 0.15) is 11.5 Å². The first kappa shape index (κ1) is 40.3. The Labute approximate surface area is 319 Å². The molecular formula is C36H48N10O6S2. The van der Waals surface area contributed by atoms with Crippen LogP contribution in [0.5, 0.6) is 11.5 Å². The molecule has 2 aromatic carbocycles. The Morgan fingerprint density at radius 3 is 2.06 bits per heavy atom. The minimum Gasteiger partial charge on any atom is -0.478 e. The van der Waals surface area contributed by atoms with Gasteiger partial charge in [-0.1, -0.05) is 66.7 Å². The van der Waals surface area contributed by atoms with E-state index in [4.69, 9.17) is 13.5 Å². The van der Waals surface area contributed by atoms with Gasteiger partial charge in [-0.25, -0.2) is 18.5 Å². The normalized spacial score (nSPS) is 13.7. The van der Waals surface area contributed by atoms with Crippen molar-refractivity contribution in [2.75, 3.05) is 6.54 Å². The molecule has 5 N–H and O–H groups in total. The minimum atomic E-state index is -1.88. The molecule has 290 valence electrons. The molecule has 0 saturated carbocycles. The van der Waals surface area contributed by atoms with Crippen molar-refractivity contribution in [3.63, 3.8) is 0 Å². The molecule has 18 heteroatoms. The van der Waals surface area contributed by atoms with E-state index in [-0.39, 0.29) is 34.6 Å². The molecule has 0 amide bonds. The van der Waals surface area contributed by atoms with E-state index in [0.717, 1.165) is 34.0 Å². The Bertz CT molecular complexity index is 2310. The number of carboxylic acids is 1. The van der Waals surface area contributed by atoms with E-state index in [9.17, 15) is 13.2 Å². The molecule has 3 atom stereocenters. The number of aromatic amines is 2. The molecule has 0 aliphatic carbocycles. The highest BCUT2D eigenvalue weighted by atomic mass is 32.2. The molecule has 0 spiro atoms. The second-order valence-corrected chi connectivity index (χ2v) is 17.0. The summed E-state index contributed by atoms with van der Waals surface area (Å²) in [5, 5.41) is 32.0. The first-order chi connectivity index (χ1) is 25.3. The van der Waals surface area contributed by atoms with Crippen molar-refractivity contribution in [1.82, 2.24) is 49.1 Å². The maximum atomic E-state index is 12.4. The number of aromatic carboxylic acids is 1. The van der Waals surface area contributed by atoms with Crippen LogP contribution in [0.25, 0.3) is 11.3 Å². The second-order valence-electron chi connectivity index (χ2n) is 15.1. The number of H-pyrrole nitrogens is 2. The van der Waals surface area contributed by atoms with E-state index in [1.165, 1.54) is 12.1 Å². The van der Waals surface area contributed by atoms with Crippen LogP contribution in [0.2, 0.25) is 0 Å². The van der Waals surface area contributed by atoms with Gasteiger partial charge in [-0.05, 0) is 61.1 Å². The SMILES string of the molecule is Cc1cc2nnc(C(C)CNS(=O)Oc3cc(C(C)(C)C)ccc3C)n2[nH]1.Cc1ccc(C(=O)O)cc1OS(=O)NCc1nnc2cc(C(C)(C)C)[nH]n12. The van der Waals surface area contributed by atoms with Crippen LogP contribution in [0.1, 0.15) is 104 Å². The molecular weight excluding hydrogens is 733 g/mol. The van der Waals surface area contributed by atoms with E-state index in [0.29, 0.717) is 29.3 Å². The molecule has 0 aliphatic heterocycles. The van der Waals surface area contributed by atoms with Crippen LogP contribution in [0.4, 0.5) is 0 Å². The highest BCUT2D eigenvalue weighted by Gasteiger charge is 2.21. The van der Waals surface area contributed by atoms with Crippen LogP contribution in [-0.4, -0.2) is 65.7 Å². The third-order valence-electron chi connectivity index (χ3n) is 8.53. The summed E-state index contributed by atoms with van der Waals surface area (Å²) in [6.45, 7) is 20.9. The van der Waals surface area contributed by atoms with Gasteiger partial charge in [0, 0.05) is 41.4 Å². The molecule has 6 rings (SSSR count). The summed E-state index contributed by atoms with van der Waals surface area (Å²) in [5.41, 5.74) is 6.25. The van der Waals surface area contributed by atoms with Gasteiger partial charge in [-0.15, -0.1) is 20.4 Å². The van der Waals surface area contributed by atoms with Crippen LogP contribution in [0.3, 0.4) is 0 Å². The van der Waals surface area contributed by atoms with Gasteiger partial charge in [0.2, 0.25) is 0 Å². The topological polar surface area (TPSA) is 206 Å². The number of nitrogens with zero attached hydrogens (tertiary/aromatic N) is 6. The molecule has 4 aromatic heterocycles. The van der Waals surface area contributed by atoms with Gasteiger partial charge in [-0.3, -0.25) is 10.2 Å². The maximum Gasteiger partial charge on any atom is 0.335 e. The minimum absolute atomic E-state index is 0.00244. The number of carboxylic acid groups (broad SMARTS) is 1. The fraction of sp³-hybridized carbons (Fsp3) is 0.417. The predicted octanol–water partition coefficient (Wildman–Crippen LogP) is 5.43. The number of rotatable bonds is 12. The lowest BCUT2D eigenvalue weighted by molar-refractivity contribution is 0.0696. The third kappa shape index (κ3) is 9.79. The zero-order valence-corrected chi connectivity index (χ0v) is 33.7. The summed E-state index contributed by atoms with van der Waals surface area (Å²) in [5.74, 6) is 1.13. The number of nitrogens with one attached hydrogen (secondary N) is 4. The van der Waals surface area contributed by atoms with Crippen molar-refractivity contribution in [3.05, 3.63) is 93.8 Å². The highest BCUT2D eigenvalue weighted by Crippen LogP contribution is 2.29. The third-order valence-corrected chi connectivity index (χ3v) is 9.98. The Morgan fingerprint density at radius 1 is 0.796 bits per heavy atom. The van der Waals surface area contributed by atoms with Crippen LogP contribution in [0, 0.1) is 20.8 Å². The van der Waals surface area contributed by atoms with Gasteiger partial charge in [0.15, 0.2) is 22.9 Å². The standard InChI is InChI=1S/C19H27N5O2S.C17H21N5O4S/c1-12-7-8-15(19(4,5)6)10-16(12)26-27(25)20-11-13(2)18-22-21-17-9-14(3)23-24(17)18;1-10-5-6-11(16(23)24)7-12(10)26-27(25)18-9-15-20-19-14-8-13(17(2,3)4)21-22(14)15/h7-10,13,20,23H,11H2,1-6H3;5-8,18,21H,9H2,1-4H3,(H,23,24). The van der Waals surface area contributed by atoms with Crippen LogP contribution >= 0.6 is 0 Å². The van der Waals surface area contributed by atoms with Gasteiger partial charge < -0.3 is 13.5 Å². The molecule has 0 aliphatic rings. The van der Waals surface area contributed by atoms with Crippen molar-refractivity contribution < 1.29 is 26.7 Å². The predicted molar refractivity (Wildman–Crippen MR) is 207 cm³/mol. The number of hydrogen-bond donors (Lipinski definition) is 5. The maximum absolute atomic E-state index is 12.4. The van der Waals surface area contributed by atoms with E-state index in [2.05, 4.69) is 87.6 Å². The molecule has 4 heterocycles. The van der Waals surface area contributed by atoms with Crippen molar-refractivity contribution >= 4 is 39.8 Å². The molecule has 16 nitrogen and oxygen atoms in total. The summed E-state index contributed by atoms with van der Waals surface area (Å²) in [7, 11) is 0. The Balaban J connectivity index is 0.000000208. The van der Waals surface area contributed by atoms with Gasteiger partial charge in [0.05, 0.1) is 12.1 Å². The largest absolute Gasteiger partial charge is 0.478 e. The lowest BCUT2D eigenvalue weighted by Crippen LogP contribution is -2.27. The average Bonchev–Trinajstić information content (AvgIpc) is 3.86. The van der Waals surface area contributed by atoms with Crippen molar-refractivity contribution in [2.45, 2.75) is 92.5 Å². The quantitative estimate of drug-likeness (QED) is 0.106. The van der Waals surface area contributed by atoms with Crippen LogP contribution < -0.4 is 17.8 Å². The van der Waals surface area contributed by atoms with E-state index < -0.39 is 28.5 Å². The van der Waals surface area contributed by atoms with E-state index >= 15 is 0 Å². The fourth-order valence-corrected chi connectivity index (χ4v) is 6.61. The number of carbonyl (C=O) groups is 1. The molecule has 0 saturated heterocycles. The Morgan fingerprint density at radius 2 is 1.41 bits per heavy atom. The highest BCUT2D eigenvalue weighted by molar-refractivity contribution is 7.78. The molecule has 3 unspecified atom stereocenters. The van der Waals surface area contributed by atoms with Gasteiger partial charge >= 0.3 is 5.97 Å². The van der Waals surface area contributed by atoms with Crippen LogP contribution in [-0.2, 0) is 39.9 Å². The monoisotopic (exact) mass is 780 g/mol. The zero-order chi connectivity index (χ0) is 39.5. The molecule has 0 bridgehead atoms. The van der Waals surface area contributed by atoms with Crippen molar-refractivity contribution in [3.8, 4) is 11.5 Å². The fourth-order valence-electron chi connectivity index (χ4n) is 5.17. The van der Waals surface area contributed by atoms with E-state index in [1.807, 2.05) is 49.6 Å². The lowest BCUT2D eigenvalue weighted by atomic mass is 9.86. The summed E-state index contributed by atoms with van der Waals surface area (Å²) in [4.78, 5) is 11.1. The number of aromatic nitrogens is 8. The first-order valence-corrected chi connectivity index (χ1v) is 19.4. The number of aryl methyl sites for hydroxylation is 3. The first-order valence-electron chi connectivity index (χ1n) is 17.3. The number of benzene rings is 2. The second kappa shape index (κ2) is 16.2. The summed E-state index contributed by atoms with van der Waals surface area (Å²) < 4.78 is 44.8. The zero-order valence-electron chi connectivity index (χ0n) is 32.1. The Hall–Kier alpha value is -4.91. The van der Waals surface area contributed by atoms with Crippen molar-refractivity contribution in [2.24, 2.45) is 0 Å². The lowest BCUT2D eigenvalue weighted by Gasteiger charge is -2.20. The average molecular weight is 781 g/mol. The van der Waals surface area contributed by atoms with E-state index in [1.54, 1.807) is 17.5 Å².